The Kier molecular flexibility index (Phi) is 9.65. The normalized spacial score (nSPS) is 12.1. The van der Waals surface area contributed by atoms with Gasteiger partial charge in [0.25, 0.3) is 0 Å². The van der Waals surface area contributed by atoms with Gasteiger partial charge in [-0.05, 0) is 46.6 Å². The monoisotopic (exact) mass is 248 g/mol. The Labute approximate surface area is 111 Å². The summed E-state index contributed by atoms with van der Waals surface area (Å²) >= 11 is 0. The first-order chi connectivity index (χ1) is 8.56. The molecule has 0 aliphatic heterocycles. The van der Waals surface area contributed by atoms with E-state index in [0.29, 0.717) is 6.61 Å². The highest BCUT2D eigenvalue weighted by atomic mass is 16.5. The molecule has 0 aromatic carbocycles. The third-order valence-electron chi connectivity index (χ3n) is 2.28. The molecule has 2 nitrogen and oxygen atoms in total. The maximum Gasteiger partial charge on any atom is 0.331 e. The van der Waals surface area contributed by atoms with E-state index >= 15 is 0 Å². The van der Waals surface area contributed by atoms with Gasteiger partial charge in [-0.1, -0.05) is 35.5 Å². The average Bonchev–Trinajstić information content (AvgIpc) is 2.29. The molecular weight excluding hydrogens is 224 g/mol. The summed E-state index contributed by atoms with van der Waals surface area (Å²) in [5.41, 5.74) is 2.58. The summed E-state index contributed by atoms with van der Waals surface area (Å²) in [7, 11) is 0. The van der Waals surface area contributed by atoms with Gasteiger partial charge in [0.1, 0.15) is 6.61 Å². The van der Waals surface area contributed by atoms with Crippen LogP contribution in [0.5, 0.6) is 0 Å². The van der Waals surface area contributed by atoms with Gasteiger partial charge in [-0.3, -0.25) is 0 Å². The van der Waals surface area contributed by atoms with Gasteiger partial charge in [0, 0.05) is 6.08 Å². The highest BCUT2D eigenvalue weighted by Gasteiger charge is 1.94. The zero-order valence-corrected chi connectivity index (χ0v) is 11.9. The van der Waals surface area contributed by atoms with Crippen LogP contribution in [0.3, 0.4) is 0 Å². The fourth-order valence-electron chi connectivity index (χ4n) is 1.25. The molecule has 2 heteroatoms. The second-order valence-electron chi connectivity index (χ2n) is 4.39. The van der Waals surface area contributed by atoms with Gasteiger partial charge < -0.3 is 4.74 Å². The summed E-state index contributed by atoms with van der Waals surface area (Å²) in [4.78, 5) is 11.2. The highest BCUT2D eigenvalue weighted by molar-refractivity contribution is 5.82. The van der Waals surface area contributed by atoms with E-state index in [0.717, 1.165) is 12.8 Å². The molecule has 0 amide bonds. The van der Waals surface area contributed by atoms with Gasteiger partial charge in [-0.2, -0.15) is 0 Å². The second kappa shape index (κ2) is 10.6. The number of ether oxygens (including phenoxy) is 1. The molecule has 0 atom stereocenters. The van der Waals surface area contributed by atoms with E-state index in [1.165, 1.54) is 17.2 Å². The Bertz CT molecular complexity index is 353. The number of rotatable bonds is 7. The van der Waals surface area contributed by atoms with Crippen LogP contribution in [0.25, 0.3) is 0 Å². The van der Waals surface area contributed by atoms with Crippen molar-refractivity contribution in [1.82, 2.24) is 0 Å². The molecule has 0 bridgehead atoms. The maximum atomic E-state index is 11.2. The lowest BCUT2D eigenvalue weighted by Crippen LogP contribution is -2.00. The van der Waals surface area contributed by atoms with Crippen LogP contribution in [-0.2, 0) is 9.53 Å². The third kappa shape index (κ3) is 10.9. The lowest BCUT2D eigenvalue weighted by molar-refractivity contribution is -0.136. The summed E-state index contributed by atoms with van der Waals surface area (Å²) < 4.78 is 5.04. The largest absolute Gasteiger partial charge is 0.458 e. The topological polar surface area (TPSA) is 26.3 Å². The summed E-state index contributed by atoms with van der Waals surface area (Å²) in [5.74, 6) is -0.304. The summed E-state index contributed by atoms with van der Waals surface area (Å²) in [6.07, 6.45) is 13.0. The maximum absolute atomic E-state index is 11.2. The molecule has 18 heavy (non-hydrogen) atoms. The minimum atomic E-state index is -0.304. The second-order valence-corrected chi connectivity index (χ2v) is 4.39. The molecule has 0 fully saturated rings. The lowest BCUT2D eigenvalue weighted by Gasteiger charge is -2.00. The highest BCUT2D eigenvalue weighted by Crippen LogP contribution is 2.06. The van der Waals surface area contributed by atoms with Crippen molar-refractivity contribution in [3.8, 4) is 0 Å². The molecule has 0 saturated carbocycles. The average molecular weight is 248 g/mol. The first-order valence-corrected chi connectivity index (χ1v) is 6.31. The van der Waals surface area contributed by atoms with Crippen LogP contribution in [0.2, 0.25) is 0 Å². The van der Waals surface area contributed by atoms with Crippen LogP contribution in [0.4, 0.5) is 0 Å². The van der Waals surface area contributed by atoms with Gasteiger partial charge in [-0.15, -0.1) is 0 Å². The number of esters is 1. The number of carbonyl (C=O) groups is 1. The van der Waals surface area contributed by atoms with Crippen molar-refractivity contribution in [2.45, 2.75) is 40.5 Å². The van der Waals surface area contributed by atoms with E-state index in [9.17, 15) is 4.79 Å². The van der Waals surface area contributed by atoms with Crippen LogP contribution < -0.4 is 0 Å². The Morgan fingerprint density at radius 2 is 1.83 bits per heavy atom. The fraction of sp³-hybridized carbons (Fsp3) is 0.438. The predicted molar refractivity (Wildman–Crippen MR) is 77.3 cm³/mol. The number of carbonyl (C=O) groups excluding carboxylic acids is 1. The molecule has 0 aliphatic rings. The zero-order valence-electron chi connectivity index (χ0n) is 11.9. The van der Waals surface area contributed by atoms with Crippen LogP contribution in [0, 0.1) is 0 Å². The third-order valence-corrected chi connectivity index (χ3v) is 2.28. The van der Waals surface area contributed by atoms with Crippen molar-refractivity contribution >= 4 is 5.97 Å². The van der Waals surface area contributed by atoms with Gasteiger partial charge in [0.15, 0.2) is 0 Å². The molecule has 0 saturated heterocycles. The summed E-state index contributed by atoms with van der Waals surface area (Å²) in [6.45, 7) is 8.49. The molecule has 0 radical (unpaired) electrons. The quantitative estimate of drug-likeness (QED) is 0.290. The van der Waals surface area contributed by atoms with Crippen molar-refractivity contribution in [3.63, 3.8) is 0 Å². The Morgan fingerprint density at radius 1 is 1.11 bits per heavy atom. The smallest absolute Gasteiger partial charge is 0.331 e. The first kappa shape index (κ1) is 16.4. The number of allylic oxidation sites excluding steroid dienone is 6. The molecule has 0 aromatic heterocycles. The van der Waals surface area contributed by atoms with E-state index in [-0.39, 0.29) is 5.97 Å². The van der Waals surface area contributed by atoms with Crippen LogP contribution >= 0.6 is 0 Å². The van der Waals surface area contributed by atoms with Crippen molar-refractivity contribution in [2.75, 3.05) is 6.61 Å². The van der Waals surface area contributed by atoms with Crippen molar-refractivity contribution in [3.05, 3.63) is 47.6 Å². The van der Waals surface area contributed by atoms with E-state index in [1.807, 2.05) is 19.1 Å². The molecule has 0 aromatic rings. The number of hydrogen-bond donors (Lipinski definition) is 0. The van der Waals surface area contributed by atoms with E-state index in [1.54, 1.807) is 12.2 Å². The van der Waals surface area contributed by atoms with Crippen molar-refractivity contribution in [1.29, 1.82) is 0 Å². The summed E-state index contributed by atoms with van der Waals surface area (Å²) in [5, 5.41) is 0. The molecule has 0 heterocycles. The van der Waals surface area contributed by atoms with Crippen molar-refractivity contribution < 1.29 is 9.53 Å². The molecule has 0 N–H and O–H groups in total. The molecular formula is C16H24O2. The summed E-state index contributed by atoms with van der Waals surface area (Å²) in [6, 6.07) is 0. The van der Waals surface area contributed by atoms with E-state index < -0.39 is 0 Å². The Balaban J connectivity index is 3.86. The van der Waals surface area contributed by atoms with Gasteiger partial charge in [-0.25, -0.2) is 4.79 Å². The minimum Gasteiger partial charge on any atom is -0.458 e. The molecule has 100 valence electrons. The van der Waals surface area contributed by atoms with Crippen LogP contribution in [-0.4, -0.2) is 12.6 Å². The Morgan fingerprint density at radius 3 is 2.44 bits per heavy atom. The minimum absolute atomic E-state index is 0.304. The first-order valence-electron chi connectivity index (χ1n) is 6.31. The van der Waals surface area contributed by atoms with E-state index in [4.69, 9.17) is 4.74 Å². The Hall–Kier alpha value is -1.57. The lowest BCUT2D eigenvalue weighted by atomic mass is 10.1. The number of hydrogen-bond acceptors (Lipinski definition) is 2. The van der Waals surface area contributed by atoms with E-state index in [2.05, 4.69) is 26.8 Å². The SMILES string of the molecule is C/C=C/C=C/C(=O)OCC=C(C)CCC=C(C)C. The van der Waals surface area contributed by atoms with Crippen molar-refractivity contribution in [2.24, 2.45) is 0 Å². The predicted octanol–water partition coefficient (Wildman–Crippen LogP) is 4.35. The molecule has 0 aliphatic carbocycles. The zero-order chi connectivity index (χ0) is 13.8. The van der Waals surface area contributed by atoms with Crippen LogP contribution in [0.1, 0.15) is 40.5 Å². The van der Waals surface area contributed by atoms with Crippen LogP contribution in [0.15, 0.2) is 47.6 Å². The van der Waals surface area contributed by atoms with Gasteiger partial charge in [0.2, 0.25) is 0 Å². The molecule has 0 spiro atoms. The fourth-order valence-corrected chi connectivity index (χ4v) is 1.25. The van der Waals surface area contributed by atoms with Gasteiger partial charge in [0.05, 0.1) is 0 Å². The molecule has 0 rings (SSSR count). The standard InChI is InChI=1S/C16H24O2/c1-5-6-7-11-16(17)18-13-12-15(4)10-8-9-14(2)3/h5-7,9,11-12H,8,10,13H2,1-4H3/b6-5+,11-7+,15-12?. The molecule has 0 unspecified atom stereocenters. The van der Waals surface area contributed by atoms with Gasteiger partial charge >= 0.3 is 5.97 Å².